The van der Waals surface area contributed by atoms with Crippen molar-refractivity contribution in [2.75, 3.05) is 31.5 Å². The first-order chi connectivity index (χ1) is 8.88. The molecule has 2 heterocycles. The van der Waals surface area contributed by atoms with E-state index in [1.807, 2.05) is 0 Å². The van der Waals surface area contributed by atoms with Crippen molar-refractivity contribution in [2.24, 2.45) is 0 Å². The first-order valence-corrected chi connectivity index (χ1v) is 6.63. The molecule has 4 nitrogen and oxygen atoms in total. The number of likely N-dealkylation sites (tertiary alicyclic amines) is 1. The molecule has 4 heteroatoms. The van der Waals surface area contributed by atoms with E-state index in [4.69, 9.17) is 6.42 Å². The molecule has 0 radical (unpaired) electrons. The molecule has 0 atom stereocenters. The number of aromatic nitrogens is 2. The molecule has 0 saturated carbocycles. The van der Waals surface area contributed by atoms with E-state index in [0.717, 1.165) is 19.5 Å². The molecule has 1 aliphatic rings. The lowest BCUT2D eigenvalue weighted by molar-refractivity contribution is 0.228. The highest BCUT2D eigenvalue weighted by Gasteiger charge is 2.08. The summed E-state index contributed by atoms with van der Waals surface area (Å²) < 4.78 is 0. The number of anilines is 1. The molecule has 1 aliphatic heterocycles. The first kappa shape index (κ1) is 12.8. The monoisotopic (exact) mass is 244 g/mol. The summed E-state index contributed by atoms with van der Waals surface area (Å²) in [4.78, 5) is 10.8. The van der Waals surface area contributed by atoms with Crippen LogP contribution < -0.4 is 5.32 Å². The number of rotatable bonds is 5. The third-order valence-corrected chi connectivity index (χ3v) is 3.20. The lowest BCUT2D eigenvalue weighted by atomic mass is 10.1. The Morgan fingerprint density at radius 1 is 1.22 bits per heavy atom. The van der Waals surface area contributed by atoms with Crippen LogP contribution in [-0.4, -0.2) is 41.0 Å². The van der Waals surface area contributed by atoms with Gasteiger partial charge in [-0.05, 0) is 38.9 Å². The van der Waals surface area contributed by atoms with E-state index in [9.17, 15) is 0 Å². The Bertz CT molecular complexity index is 387. The van der Waals surface area contributed by atoms with E-state index in [0.29, 0.717) is 11.5 Å². The number of hydrogen-bond acceptors (Lipinski definition) is 4. The molecule has 18 heavy (non-hydrogen) atoms. The molecule has 1 N–H and O–H groups in total. The Hall–Kier alpha value is -1.60. The molecule has 2 rings (SSSR count). The van der Waals surface area contributed by atoms with E-state index in [-0.39, 0.29) is 0 Å². The fraction of sp³-hybridized carbons (Fsp3) is 0.571. The third-order valence-electron chi connectivity index (χ3n) is 3.20. The van der Waals surface area contributed by atoms with Gasteiger partial charge in [-0.3, -0.25) is 0 Å². The number of hydrogen-bond donors (Lipinski definition) is 1. The molecule has 0 aliphatic carbocycles. The molecule has 0 aromatic carbocycles. The third kappa shape index (κ3) is 4.01. The highest BCUT2D eigenvalue weighted by Crippen LogP contribution is 2.08. The van der Waals surface area contributed by atoms with Crippen molar-refractivity contribution in [3.63, 3.8) is 0 Å². The van der Waals surface area contributed by atoms with E-state index >= 15 is 0 Å². The quantitative estimate of drug-likeness (QED) is 0.633. The van der Waals surface area contributed by atoms with Crippen LogP contribution in [0.2, 0.25) is 0 Å². The highest BCUT2D eigenvalue weighted by molar-refractivity contribution is 5.31. The Morgan fingerprint density at radius 2 is 1.94 bits per heavy atom. The summed E-state index contributed by atoms with van der Waals surface area (Å²) >= 11 is 0. The van der Waals surface area contributed by atoms with Crippen molar-refractivity contribution in [1.29, 1.82) is 0 Å². The fourth-order valence-corrected chi connectivity index (χ4v) is 2.18. The molecule has 1 aromatic heterocycles. The summed E-state index contributed by atoms with van der Waals surface area (Å²) in [6.45, 7) is 4.59. The molecule has 1 aromatic rings. The van der Waals surface area contributed by atoms with Crippen molar-refractivity contribution >= 4 is 5.95 Å². The predicted molar refractivity (Wildman–Crippen MR) is 73.4 cm³/mol. The van der Waals surface area contributed by atoms with Crippen LogP contribution in [0.3, 0.4) is 0 Å². The van der Waals surface area contributed by atoms with Gasteiger partial charge in [-0.15, -0.1) is 6.42 Å². The maximum atomic E-state index is 5.25. The van der Waals surface area contributed by atoms with Gasteiger partial charge in [0.25, 0.3) is 0 Å². The molecule has 1 fully saturated rings. The Balaban J connectivity index is 1.63. The van der Waals surface area contributed by atoms with Gasteiger partial charge in [0.1, 0.15) is 0 Å². The first-order valence-electron chi connectivity index (χ1n) is 6.63. The number of terminal acetylenes is 1. The molecule has 96 valence electrons. The van der Waals surface area contributed by atoms with Gasteiger partial charge in [-0.2, -0.15) is 0 Å². The van der Waals surface area contributed by atoms with Gasteiger partial charge in [0.2, 0.25) is 5.95 Å². The minimum atomic E-state index is 0.660. The van der Waals surface area contributed by atoms with E-state index in [2.05, 4.69) is 26.1 Å². The maximum Gasteiger partial charge on any atom is 0.222 e. The molecular formula is C14H20N4. The Labute approximate surface area is 109 Å². The summed E-state index contributed by atoms with van der Waals surface area (Å²) in [6.07, 6.45) is 13.8. The van der Waals surface area contributed by atoms with Gasteiger partial charge in [-0.1, -0.05) is 12.3 Å². The van der Waals surface area contributed by atoms with Crippen molar-refractivity contribution in [1.82, 2.24) is 14.9 Å². The average molecular weight is 244 g/mol. The van der Waals surface area contributed by atoms with Crippen molar-refractivity contribution in [3.05, 3.63) is 18.0 Å². The summed E-state index contributed by atoms with van der Waals surface area (Å²) in [6, 6.07) is 0. The van der Waals surface area contributed by atoms with E-state index in [1.165, 1.54) is 32.4 Å². The fourth-order valence-electron chi connectivity index (χ4n) is 2.18. The zero-order chi connectivity index (χ0) is 12.6. The summed E-state index contributed by atoms with van der Waals surface area (Å²) in [5.41, 5.74) is 0.717. The topological polar surface area (TPSA) is 41.1 Å². The molecule has 0 unspecified atom stereocenters. The second-order valence-electron chi connectivity index (χ2n) is 4.62. The van der Waals surface area contributed by atoms with Gasteiger partial charge < -0.3 is 10.2 Å². The zero-order valence-corrected chi connectivity index (χ0v) is 10.7. The second kappa shape index (κ2) is 6.97. The Morgan fingerprint density at radius 3 is 2.61 bits per heavy atom. The minimum absolute atomic E-state index is 0.660. The van der Waals surface area contributed by atoms with Crippen LogP contribution in [0.5, 0.6) is 0 Å². The van der Waals surface area contributed by atoms with Gasteiger partial charge in [0.15, 0.2) is 0 Å². The SMILES string of the molecule is C#Cc1cnc(NCCCN2CCCCC2)nc1. The number of piperidine rings is 1. The van der Waals surface area contributed by atoms with Crippen LogP contribution in [0, 0.1) is 12.3 Å². The summed E-state index contributed by atoms with van der Waals surface area (Å²) in [5.74, 6) is 3.16. The standard InChI is InChI=1S/C14H20N4/c1-2-13-11-16-14(17-12-13)15-7-6-10-18-8-4-3-5-9-18/h1,11-12H,3-10H2,(H,15,16,17). The molecule has 1 saturated heterocycles. The largest absolute Gasteiger partial charge is 0.354 e. The maximum absolute atomic E-state index is 5.25. The van der Waals surface area contributed by atoms with E-state index < -0.39 is 0 Å². The molecule has 0 spiro atoms. The van der Waals surface area contributed by atoms with Gasteiger partial charge >= 0.3 is 0 Å². The summed E-state index contributed by atoms with van der Waals surface area (Å²) in [7, 11) is 0. The van der Waals surface area contributed by atoms with Crippen LogP contribution in [0.25, 0.3) is 0 Å². The van der Waals surface area contributed by atoms with Crippen molar-refractivity contribution < 1.29 is 0 Å². The average Bonchev–Trinajstić information content (AvgIpc) is 2.45. The Kier molecular flexibility index (Phi) is 4.98. The zero-order valence-electron chi connectivity index (χ0n) is 10.7. The molecule has 0 amide bonds. The van der Waals surface area contributed by atoms with Crippen LogP contribution in [0.15, 0.2) is 12.4 Å². The van der Waals surface area contributed by atoms with Crippen LogP contribution in [0.1, 0.15) is 31.2 Å². The van der Waals surface area contributed by atoms with Gasteiger partial charge in [-0.25, -0.2) is 9.97 Å². The van der Waals surface area contributed by atoms with E-state index in [1.54, 1.807) is 12.4 Å². The van der Waals surface area contributed by atoms with Crippen LogP contribution in [-0.2, 0) is 0 Å². The lowest BCUT2D eigenvalue weighted by Gasteiger charge is -2.26. The number of nitrogens with one attached hydrogen (secondary N) is 1. The summed E-state index contributed by atoms with van der Waals surface area (Å²) in [5, 5.41) is 3.22. The highest BCUT2D eigenvalue weighted by atomic mass is 15.1. The smallest absolute Gasteiger partial charge is 0.222 e. The molecular weight excluding hydrogens is 224 g/mol. The van der Waals surface area contributed by atoms with Crippen LogP contribution >= 0.6 is 0 Å². The lowest BCUT2D eigenvalue weighted by Crippen LogP contribution is -2.31. The normalized spacial score (nSPS) is 16.2. The minimum Gasteiger partial charge on any atom is -0.354 e. The van der Waals surface area contributed by atoms with Gasteiger partial charge in [0, 0.05) is 18.9 Å². The van der Waals surface area contributed by atoms with Crippen molar-refractivity contribution in [2.45, 2.75) is 25.7 Å². The van der Waals surface area contributed by atoms with Crippen LogP contribution in [0.4, 0.5) is 5.95 Å². The predicted octanol–water partition coefficient (Wildman–Crippen LogP) is 1.75. The number of nitrogens with zero attached hydrogens (tertiary/aromatic N) is 3. The van der Waals surface area contributed by atoms with Crippen molar-refractivity contribution in [3.8, 4) is 12.3 Å². The molecule has 0 bridgehead atoms. The van der Waals surface area contributed by atoms with Gasteiger partial charge in [0.05, 0.1) is 5.56 Å². The second-order valence-corrected chi connectivity index (χ2v) is 4.62.